The molecule has 7 heavy (non-hydrogen) atoms. The highest BCUT2D eigenvalue weighted by Crippen LogP contribution is 1.90. The fraction of sp³-hybridized carbons (Fsp3) is 0.667. The monoisotopic (exact) mass is 97.0 g/mol. The van der Waals surface area contributed by atoms with Gasteiger partial charge in [0.1, 0.15) is 14.5 Å². The number of nitrogens with one attached hydrogen (secondary N) is 1. The highest BCUT2D eigenvalue weighted by molar-refractivity contribution is 6.13. The summed E-state index contributed by atoms with van der Waals surface area (Å²) in [5, 5.41) is 2.33. The van der Waals surface area contributed by atoms with Crippen LogP contribution in [0.1, 0.15) is 0 Å². The minimum absolute atomic E-state index is 0.291. The van der Waals surface area contributed by atoms with Gasteiger partial charge in [0.15, 0.2) is 0 Å². The van der Waals surface area contributed by atoms with Crippen molar-refractivity contribution in [2.45, 2.75) is 5.94 Å². The van der Waals surface area contributed by atoms with Crippen molar-refractivity contribution in [3.8, 4) is 0 Å². The van der Waals surface area contributed by atoms with E-state index in [1.54, 1.807) is 0 Å². The normalized spacial score (nSPS) is 29.1. The smallest absolute Gasteiger partial charge is 0.406 e. The molecule has 1 fully saturated rings. The summed E-state index contributed by atoms with van der Waals surface area (Å²) in [5.41, 5.74) is 0. The maximum atomic E-state index is 10.0. The van der Waals surface area contributed by atoms with Crippen LogP contribution < -0.4 is 5.32 Å². The van der Waals surface area contributed by atoms with Crippen molar-refractivity contribution >= 4 is 13.9 Å². The van der Waals surface area contributed by atoms with E-state index in [1.165, 1.54) is 0 Å². The number of amides is 1. The molecule has 0 saturated carbocycles. The molecular formula is C3H4BNO2. The Labute approximate surface area is 42.4 Å². The lowest BCUT2D eigenvalue weighted by Crippen LogP contribution is -2.25. The molecule has 0 aromatic rings. The molecule has 0 bridgehead atoms. The van der Waals surface area contributed by atoms with E-state index in [4.69, 9.17) is 7.85 Å². The number of carbonyl (C=O) groups is 1. The van der Waals surface area contributed by atoms with Crippen LogP contribution in [-0.2, 0) is 4.74 Å². The van der Waals surface area contributed by atoms with E-state index in [0.717, 1.165) is 0 Å². The van der Waals surface area contributed by atoms with Gasteiger partial charge in [0.2, 0.25) is 0 Å². The van der Waals surface area contributed by atoms with Crippen LogP contribution in [0.15, 0.2) is 0 Å². The molecule has 1 rings (SSSR count). The molecule has 1 aliphatic rings. The number of rotatable bonds is 0. The lowest BCUT2D eigenvalue weighted by Gasteiger charge is -1.90. The molecule has 1 atom stereocenters. The van der Waals surface area contributed by atoms with Crippen molar-refractivity contribution in [3.05, 3.63) is 0 Å². The molecule has 1 saturated heterocycles. The Kier molecular flexibility index (Phi) is 0.926. The summed E-state index contributed by atoms with van der Waals surface area (Å²) in [7, 11) is 5.17. The fourth-order valence-electron chi connectivity index (χ4n) is 0.400. The first-order valence-corrected chi connectivity index (χ1v) is 1.98. The van der Waals surface area contributed by atoms with E-state index >= 15 is 0 Å². The third-order valence-corrected chi connectivity index (χ3v) is 0.697. The standard InChI is InChI=1S/C3H4BNO2/c4-2-1-7-3(6)5-2/h2H,1H2,(H,5,6)/t2-/m1/s1. The first kappa shape index (κ1) is 4.49. The molecule has 1 aliphatic heterocycles. The van der Waals surface area contributed by atoms with E-state index in [1.807, 2.05) is 0 Å². The van der Waals surface area contributed by atoms with Gasteiger partial charge >= 0.3 is 6.09 Å². The van der Waals surface area contributed by atoms with Gasteiger partial charge in [0.05, 0.1) is 0 Å². The summed E-state index contributed by atoms with van der Waals surface area (Å²) in [6.45, 7) is 0.291. The Balaban J connectivity index is 2.40. The zero-order chi connectivity index (χ0) is 5.28. The second kappa shape index (κ2) is 1.44. The van der Waals surface area contributed by atoms with Crippen LogP contribution in [0.25, 0.3) is 0 Å². The van der Waals surface area contributed by atoms with E-state index in [-0.39, 0.29) is 5.94 Å². The lowest BCUT2D eigenvalue weighted by atomic mass is 9.99. The number of cyclic esters (lactones) is 1. The zero-order valence-electron chi connectivity index (χ0n) is 3.68. The largest absolute Gasteiger partial charge is 0.448 e. The Morgan fingerprint density at radius 2 is 2.71 bits per heavy atom. The molecule has 3 nitrogen and oxygen atoms in total. The zero-order valence-corrected chi connectivity index (χ0v) is 3.68. The molecule has 0 aromatic heterocycles. The van der Waals surface area contributed by atoms with Crippen LogP contribution in [0.3, 0.4) is 0 Å². The number of hydrogen-bond acceptors (Lipinski definition) is 2. The Hall–Kier alpha value is -0.665. The molecule has 4 heteroatoms. The second-order valence-electron chi connectivity index (χ2n) is 1.35. The molecular weight excluding hydrogens is 92.9 g/mol. The summed E-state index contributed by atoms with van der Waals surface area (Å²) in [6, 6.07) is 0. The highest BCUT2D eigenvalue weighted by Gasteiger charge is 2.15. The molecule has 0 aliphatic carbocycles. The van der Waals surface area contributed by atoms with Gasteiger partial charge in [-0.15, -0.1) is 0 Å². The topological polar surface area (TPSA) is 38.3 Å². The van der Waals surface area contributed by atoms with Crippen LogP contribution in [0.5, 0.6) is 0 Å². The van der Waals surface area contributed by atoms with E-state index < -0.39 is 6.09 Å². The third-order valence-electron chi connectivity index (χ3n) is 0.697. The van der Waals surface area contributed by atoms with Gasteiger partial charge in [-0.2, -0.15) is 0 Å². The van der Waals surface area contributed by atoms with Crippen molar-refractivity contribution in [1.29, 1.82) is 0 Å². The van der Waals surface area contributed by atoms with Crippen molar-refractivity contribution in [2.75, 3.05) is 6.61 Å². The molecule has 1 heterocycles. The summed E-state index contributed by atoms with van der Waals surface area (Å²) in [4.78, 5) is 10.0. The molecule has 2 radical (unpaired) electrons. The van der Waals surface area contributed by atoms with E-state index in [0.29, 0.717) is 6.61 Å². The van der Waals surface area contributed by atoms with Crippen LogP contribution >= 0.6 is 0 Å². The molecule has 36 valence electrons. The molecule has 1 N–H and O–H groups in total. The van der Waals surface area contributed by atoms with Crippen LogP contribution in [0, 0.1) is 0 Å². The predicted molar refractivity (Wildman–Crippen MR) is 24.0 cm³/mol. The maximum absolute atomic E-state index is 10.0. The van der Waals surface area contributed by atoms with Gasteiger partial charge in [0, 0.05) is 5.94 Å². The van der Waals surface area contributed by atoms with Crippen molar-refractivity contribution in [3.63, 3.8) is 0 Å². The molecule has 0 spiro atoms. The number of carbonyl (C=O) groups excluding carboxylic acids is 1. The average molecular weight is 96.9 g/mol. The summed E-state index contributed by atoms with van der Waals surface area (Å²) in [5.74, 6) is -0.299. The third kappa shape index (κ3) is 0.854. The van der Waals surface area contributed by atoms with Crippen molar-refractivity contribution in [1.82, 2.24) is 5.32 Å². The quantitative estimate of drug-likeness (QED) is 0.402. The summed E-state index contributed by atoms with van der Waals surface area (Å²) < 4.78 is 4.39. The lowest BCUT2D eigenvalue weighted by molar-refractivity contribution is 0.178. The second-order valence-corrected chi connectivity index (χ2v) is 1.35. The van der Waals surface area contributed by atoms with Gasteiger partial charge < -0.3 is 10.1 Å². The Morgan fingerprint density at radius 1 is 2.00 bits per heavy atom. The van der Waals surface area contributed by atoms with Gasteiger partial charge in [0.25, 0.3) is 0 Å². The molecule has 0 aromatic carbocycles. The van der Waals surface area contributed by atoms with Crippen LogP contribution in [0.2, 0.25) is 0 Å². The number of ether oxygens (including phenoxy) is 1. The van der Waals surface area contributed by atoms with E-state index in [2.05, 4.69) is 10.1 Å². The number of hydrogen-bond donors (Lipinski definition) is 1. The first-order chi connectivity index (χ1) is 3.29. The van der Waals surface area contributed by atoms with Crippen molar-refractivity contribution in [2.24, 2.45) is 0 Å². The maximum Gasteiger partial charge on any atom is 0.406 e. The van der Waals surface area contributed by atoms with Crippen molar-refractivity contribution < 1.29 is 9.53 Å². The predicted octanol–water partition coefficient (Wildman–Crippen LogP) is -0.779. The Bertz CT molecular complexity index is 94.9. The fourth-order valence-corrected chi connectivity index (χ4v) is 0.400. The SMILES string of the molecule is [B][C@H]1COC(=O)N1. The minimum atomic E-state index is -0.424. The van der Waals surface area contributed by atoms with Gasteiger partial charge in [-0.25, -0.2) is 4.79 Å². The highest BCUT2D eigenvalue weighted by atomic mass is 16.6. The summed E-state index contributed by atoms with van der Waals surface area (Å²) >= 11 is 0. The number of alkyl carbamates (subject to hydrolysis) is 1. The van der Waals surface area contributed by atoms with Gasteiger partial charge in [-0.3, -0.25) is 0 Å². The first-order valence-electron chi connectivity index (χ1n) is 1.98. The van der Waals surface area contributed by atoms with E-state index in [9.17, 15) is 4.79 Å². The van der Waals surface area contributed by atoms with Gasteiger partial charge in [-0.05, 0) is 0 Å². The van der Waals surface area contributed by atoms with Crippen LogP contribution in [-0.4, -0.2) is 26.5 Å². The minimum Gasteiger partial charge on any atom is -0.448 e. The average Bonchev–Trinajstić information content (AvgIpc) is 1.87. The molecule has 1 amide bonds. The van der Waals surface area contributed by atoms with Crippen LogP contribution in [0.4, 0.5) is 4.79 Å². The summed E-state index contributed by atoms with van der Waals surface area (Å²) in [6.07, 6.45) is -0.424. The van der Waals surface area contributed by atoms with Gasteiger partial charge in [-0.1, -0.05) is 0 Å². The molecule has 0 unspecified atom stereocenters. The Morgan fingerprint density at radius 3 is 2.86 bits per heavy atom.